The molecule has 1 fully saturated rings. The number of carbonyl (C=O) groups excluding carboxylic acids is 2. The number of ether oxygens (including phenoxy) is 1. The van der Waals surface area contributed by atoms with E-state index >= 15 is 0 Å². The van der Waals surface area contributed by atoms with E-state index in [0.717, 1.165) is 0 Å². The Morgan fingerprint density at radius 1 is 1.64 bits per heavy atom. The van der Waals surface area contributed by atoms with E-state index in [1.54, 1.807) is 6.92 Å². The predicted octanol–water partition coefficient (Wildman–Crippen LogP) is 0.364. The van der Waals surface area contributed by atoms with Crippen LogP contribution in [0.15, 0.2) is 0 Å². The van der Waals surface area contributed by atoms with E-state index in [-0.39, 0.29) is 5.78 Å². The summed E-state index contributed by atoms with van der Waals surface area (Å²) in [5.74, 6) is -1.05. The summed E-state index contributed by atoms with van der Waals surface area (Å²) >= 11 is 0. The molecule has 1 N–H and O–H groups in total. The molecule has 0 aromatic rings. The van der Waals surface area contributed by atoms with Gasteiger partial charge in [0.1, 0.15) is 5.92 Å². The maximum atomic E-state index is 11.8. The quantitative estimate of drug-likeness (QED) is 0.515. The average Bonchev–Trinajstić information content (AvgIpc) is 2.10. The normalized spacial score (nSPS) is 25.9. The largest absolute Gasteiger partial charge is 0.465 e. The molecule has 1 aliphatic rings. The van der Waals surface area contributed by atoms with Gasteiger partial charge in [-0.3, -0.25) is 9.59 Å². The van der Waals surface area contributed by atoms with E-state index in [1.165, 1.54) is 0 Å². The van der Waals surface area contributed by atoms with Crippen molar-refractivity contribution < 1.29 is 14.3 Å². The monoisotopic (exact) mass is 199 g/mol. The molecule has 0 radical (unpaired) electrons. The smallest absolute Gasteiger partial charge is 0.317 e. The Kier molecular flexibility index (Phi) is 3.26. The Balaban J connectivity index is 2.70. The molecule has 4 heteroatoms. The van der Waals surface area contributed by atoms with Gasteiger partial charge in [0.05, 0.1) is 6.61 Å². The molecular weight excluding hydrogens is 182 g/mol. The summed E-state index contributed by atoms with van der Waals surface area (Å²) in [6.45, 7) is 6.77. The summed E-state index contributed by atoms with van der Waals surface area (Å²) in [5, 5.41) is 3.07. The maximum Gasteiger partial charge on any atom is 0.317 e. The molecule has 0 aromatic heterocycles. The highest BCUT2D eigenvalue weighted by Crippen LogP contribution is 2.24. The second-order valence-electron chi connectivity index (χ2n) is 4.18. The first-order valence-corrected chi connectivity index (χ1v) is 4.90. The van der Waals surface area contributed by atoms with Gasteiger partial charge in [0, 0.05) is 18.5 Å². The first kappa shape index (κ1) is 11.2. The molecule has 1 atom stereocenters. The molecule has 0 amide bonds. The van der Waals surface area contributed by atoms with Crippen LogP contribution in [0.2, 0.25) is 0 Å². The van der Waals surface area contributed by atoms with Gasteiger partial charge in [-0.1, -0.05) is 13.8 Å². The first-order valence-electron chi connectivity index (χ1n) is 4.90. The number of hydrogen-bond acceptors (Lipinski definition) is 4. The van der Waals surface area contributed by atoms with E-state index in [0.29, 0.717) is 19.7 Å². The van der Waals surface area contributed by atoms with Gasteiger partial charge < -0.3 is 10.1 Å². The van der Waals surface area contributed by atoms with Crippen LogP contribution in [0.5, 0.6) is 0 Å². The summed E-state index contributed by atoms with van der Waals surface area (Å²) in [5.41, 5.74) is -0.463. The van der Waals surface area contributed by atoms with E-state index in [4.69, 9.17) is 4.74 Å². The number of hydrogen-bond donors (Lipinski definition) is 1. The van der Waals surface area contributed by atoms with Gasteiger partial charge in [0.25, 0.3) is 0 Å². The van der Waals surface area contributed by atoms with Gasteiger partial charge in [-0.25, -0.2) is 0 Å². The van der Waals surface area contributed by atoms with Crippen LogP contribution in [0.3, 0.4) is 0 Å². The van der Waals surface area contributed by atoms with Crippen molar-refractivity contribution in [3.05, 3.63) is 0 Å². The van der Waals surface area contributed by atoms with Crippen molar-refractivity contribution in [2.45, 2.75) is 20.8 Å². The minimum atomic E-state index is -0.626. The average molecular weight is 199 g/mol. The van der Waals surface area contributed by atoms with Gasteiger partial charge >= 0.3 is 5.97 Å². The molecule has 1 heterocycles. The van der Waals surface area contributed by atoms with Crippen LogP contribution >= 0.6 is 0 Å². The van der Waals surface area contributed by atoms with Crippen LogP contribution in [0.1, 0.15) is 20.8 Å². The maximum absolute atomic E-state index is 11.8. The zero-order chi connectivity index (χ0) is 10.8. The Morgan fingerprint density at radius 3 is 2.86 bits per heavy atom. The zero-order valence-corrected chi connectivity index (χ0v) is 8.92. The van der Waals surface area contributed by atoms with Crippen molar-refractivity contribution in [1.29, 1.82) is 0 Å². The van der Waals surface area contributed by atoms with Crippen molar-refractivity contribution >= 4 is 11.8 Å². The van der Waals surface area contributed by atoms with Crippen LogP contribution < -0.4 is 5.32 Å². The van der Waals surface area contributed by atoms with E-state index < -0.39 is 17.3 Å². The van der Waals surface area contributed by atoms with Crippen LogP contribution in [-0.2, 0) is 14.3 Å². The topological polar surface area (TPSA) is 55.4 Å². The van der Waals surface area contributed by atoms with E-state index in [2.05, 4.69) is 5.32 Å². The SMILES string of the molecule is CCOC(=O)C1CNCC(C)(C)C1=O. The molecule has 1 saturated heterocycles. The molecular formula is C10H17NO3. The van der Waals surface area contributed by atoms with Crippen LogP contribution in [0, 0.1) is 11.3 Å². The molecule has 0 saturated carbocycles. The number of rotatable bonds is 2. The second kappa shape index (κ2) is 4.09. The zero-order valence-electron chi connectivity index (χ0n) is 8.92. The lowest BCUT2D eigenvalue weighted by atomic mass is 9.78. The Labute approximate surface area is 84.0 Å². The standard InChI is InChI=1S/C10H17NO3/c1-4-14-9(13)7-5-11-6-10(2,3)8(7)12/h7,11H,4-6H2,1-3H3. The fraction of sp³-hybridized carbons (Fsp3) is 0.800. The molecule has 0 bridgehead atoms. The Bertz CT molecular complexity index is 248. The lowest BCUT2D eigenvalue weighted by Gasteiger charge is -2.32. The summed E-state index contributed by atoms with van der Waals surface area (Å²) in [6, 6.07) is 0. The van der Waals surface area contributed by atoms with Gasteiger partial charge in [-0.15, -0.1) is 0 Å². The van der Waals surface area contributed by atoms with Crippen molar-refractivity contribution in [2.24, 2.45) is 11.3 Å². The number of ketones is 1. The van der Waals surface area contributed by atoms with E-state index in [9.17, 15) is 9.59 Å². The van der Waals surface area contributed by atoms with Crippen LogP contribution in [-0.4, -0.2) is 31.4 Å². The third kappa shape index (κ3) is 2.12. The molecule has 4 nitrogen and oxygen atoms in total. The van der Waals surface area contributed by atoms with Crippen molar-refractivity contribution in [3.8, 4) is 0 Å². The molecule has 0 aromatic carbocycles. The summed E-state index contributed by atoms with van der Waals surface area (Å²) in [4.78, 5) is 23.2. The minimum absolute atomic E-state index is 0.0188. The minimum Gasteiger partial charge on any atom is -0.465 e. The highest BCUT2D eigenvalue weighted by Gasteiger charge is 2.41. The van der Waals surface area contributed by atoms with Crippen LogP contribution in [0.25, 0.3) is 0 Å². The number of piperidine rings is 1. The van der Waals surface area contributed by atoms with Crippen molar-refractivity contribution in [2.75, 3.05) is 19.7 Å². The third-order valence-electron chi connectivity index (χ3n) is 2.47. The van der Waals surface area contributed by atoms with Gasteiger partial charge in [0.2, 0.25) is 0 Å². The van der Waals surface area contributed by atoms with Crippen molar-refractivity contribution in [3.63, 3.8) is 0 Å². The molecule has 1 unspecified atom stereocenters. The summed E-state index contributed by atoms with van der Waals surface area (Å²) < 4.78 is 4.85. The number of carbonyl (C=O) groups is 2. The van der Waals surface area contributed by atoms with Gasteiger partial charge in [-0.05, 0) is 6.92 Å². The molecule has 0 aliphatic carbocycles. The fourth-order valence-corrected chi connectivity index (χ4v) is 1.61. The van der Waals surface area contributed by atoms with Crippen molar-refractivity contribution in [1.82, 2.24) is 5.32 Å². The molecule has 1 rings (SSSR count). The van der Waals surface area contributed by atoms with Gasteiger partial charge in [0.15, 0.2) is 5.78 Å². The lowest BCUT2D eigenvalue weighted by Crippen LogP contribution is -2.52. The Hall–Kier alpha value is -0.900. The number of Topliss-reactive ketones (excluding diaryl/α,β-unsaturated/α-hetero) is 1. The lowest BCUT2D eigenvalue weighted by molar-refractivity contribution is -0.155. The second-order valence-corrected chi connectivity index (χ2v) is 4.18. The van der Waals surface area contributed by atoms with Gasteiger partial charge in [-0.2, -0.15) is 0 Å². The highest BCUT2D eigenvalue weighted by molar-refractivity contribution is 6.02. The highest BCUT2D eigenvalue weighted by atomic mass is 16.5. The predicted molar refractivity (Wildman–Crippen MR) is 51.8 cm³/mol. The Morgan fingerprint density at radius 2 is 2.29 bits per heavy atom. The summed E-state index contributed by atoms with van der Waals surface area (Å²) in [7, 11) is 0. The number of esters is 1. The molecule has 1 aliphatic heterocycles. The third-order valence-corrected chi connectivity index (χ3v) is 2.47. The summed E-state index contributed by atoms with van der Waals surface area (Å²) in [6.07, 6.45) is 0. The molecule has 80 valence electrons. The first-order chi connectivity index (χ1) is 6.49. The van der Waals surface area contributed by atoms with E-state index in [1.807, 2.05) is 13.8 Å². The molecule has 0 spiro atoms. The molecule has 14 heavy (non-hydrogen) atoms. The fourth-order valence-electron chi connectivity index (χ4n) is 1.61. The van der Waals surface area contributed by atoms with Crippen LogP contribution in [0.4, 0.5) is 0 Å². The number of nitrogens with one attached hydrogen (secondary N) is 1.